The summed E-state index contributed by atoms with van der Waals surface area (Å²) in [6, 6.07) is 0. The Kier molecular flexibility index (Phi) is 28.7. The van der Waals surface area contributed by atoms with E-state index in [2.05, 4.69) is 34.6 Å². The van der Waals surface area contributed by atoms with Crippen LogP contribution in [0.3, 0.4) is 0 Å². The maximum Gasteiger partial charge on any atom is 0.0926 e. The van der Waals surface area contributed by atoms with E-state index in [1.165, 1.54) is 135 Å². The van der Waals surface area contributed by atoms with Crippen molar-refractivity contribution in [3.63, 3.8) is 0 Å². The van der Waals surface area contributed by atoms with E-state index in [1.807, 2.05) is 0 Å². The largest absolute Gasteiger partial charge is 0.274 e. The molecule has 0 aliphatic carbocycles. The average molecular weight is 492 g/mol. The molecule has 202 valence electrons. The Morgan fingerprint density at radius 1 is 0.485 bits per heavy atom. The molecule has 0 bridgehead atoms. The van der Waals surface area contributed by atoms with Gasteiger partial charge in [0.2, 0.25) is 0 Å². The predicted octanol–water partition coefficient (Wildman–Crippen LogP) is 10.6. The number of hydrogen-bond donors (Lipinski definition) is 0. The summed E-state index contributed by atoms with van der Waals surface area (Å²) in [6.07, 6.45) is 27.9. The van der Waals surface area contributed by atoms with Crippen molar-refractivity contribution < 1.29 is 9.68 Å². The van der Waals surface area contributed by atoms with Crippen LogP contribution in [-0.4, -0.2) is 24.0 Å². The number of nitrogens with zero attached hydrogens (tertiary/aromatic N) is 1. The molecule has 0 saturated carbocycles. The zero-order valence-electron chi connectivity index (χ0n) is 23.4. The zero-order valence-corrected chi connectivity index (χ0v) is 24.3. The van der Waals surface area contributed by atoms with Gasteiger partial charge in [0.15, 0.2) is 0 Å². The van der Waals surface area contributed by atoms with E-state index in [0.717, 1.165) is 6.54 Å². The molecule has 0 unspecified atom stereocenters. The summed E-state index contributed by atoms with van der Waals surface area (Å²) in [6.45, 7) is 12.6. The third-order valence-electron chi connectivity index (χ3n) is 6.78. The van der Waals surface area contributed by atoms with Crippen LogP contribution in [0.15, 0.2) is 0 Å². The molecular formula is C29H62ClNO2. The van der Waals surface area contributed by atoms with Gasteiger partial charge in [-0.2, -0.15) is 0 Å². The minimum atomic E-state index is -0.0363. The number of hydroxylamine groups is 2. The molecule has 3 nitrogen and oxygen atoms in total. The van der Waals surface area contributed by atoms with Crippen LogP contribution in [0.25, 0.3) is 0 Å². The van der Waals surface area contributed by atoms with Crippen molar-refractivity contribution in [1.82, 2.24) is 5.23 Å². The smallest absolute Gasteiger partial charge is 0.0926 e. The van der Waals surface area contributed by atoms with Gasteiger partial charge in [-0.1, -0.05) is 142 Å². The first-order valence-corrected chi connectivity index (χ1v) is 14.8. The molecular weight excluding hydrogens is 430 g/mol. The topological polar surface area (TPSA) is 21.7 Å². The van der Waals surface area contributed by atoms with Crippen LogP contribution in [0, 0.1) is 0 Å². The molecule has 0 spiro atoms. The highest BCUT2D eigenvalue weighted by Gasteiger charge is 2.33. The normalized spacial score (nSPS) is 11.8. The van der Waals surface area contributed by atoms with Gasteiger partial charge >= 0.3 is 0 Å². The van der Waals surface area contributed by atoms with Gasteiger partial charge in [-0.25, -0.2) is 0 Å². The second-order valence-electron chi connectivity index (χ2n) is 9.89. The Balaban J connectivity index is 0. The monoisotopic (exact) mass is 491 g/mol. The highest BCUT2D eigenvalue weighted by Crippen LogP contribution is 2.34. The molecule has 0 amide bonds. The first kappa shape index (κ1) is 35.3. The minimum Gasteiger partial charge on any atom is -0.274 e. The van der Waals surface area contributed by atoms with Crippen molar-refractivity contribution in [3.8, 4) is 0 Å². The lowest BCUT2D eigenvalue weighted by atomic mass is 9.84. The van der Waals surface area contributed by atoms with Gasteiger partial charge < -0.3 is 0 Å². The molecule has 0 rings (SSSR count). The quantitative estimate of drug-likeness (QED) is 0.0886. The molecule has 0 heterocycles. The van der Waals surface area contributed by atoms with E-state index in [-0.39, 0.29) is 18.0 Å². The lowest BCUT2D eigenvalue weighted by Gasteiger charge is -2.38. The standard InChI is InChI=1S/C29H61NO2.ClH/c1-6-11-14-17-20-23-26-29(32-30(9-4)31-10-5,27-24-21-18-15-12-7-2)28-25-22-19-16-13-8-3;/h6-28H2,1-5H3;1H. The fourth-order valence-corrected chi connectivity index (χ4v) is 4.74. The number of unbranched alkanes of at least 4 members (excludes halogenated alkanes) is 15. The fraction of sp³-hybridized carbons (Fsp3) is 1.00. The SMILES string of the molecule is CCCCCCCCC(CCCCCCCC)(CCCCCCCC)ON(CC)OCC.Cl. The Morgan fingerprint density at radius 3 is 1.12 bits per heavy atom. The predicted molar refractivity (Wildman–Crippen MR) is 149 cm³/mol. The van der Waals surface area contributed by atoms with Crippen molar-refractivity contribution in [2.75, 3.05) is 13.2 Å². The summed E-state index contributed by atoms with van der Waals surface area (Å²) in [7, 11) is 0. The van der Waals surface area contributed by atoms with Crippen molar-refractivity contribution >= 4 is 12.4 Å². The second-order valence-corrected chi connectivity index (χ2v) is 9.89. The van der Waals surface area contributed by atoms with Crippen molar-refractivity contribution in [2.24, 2.45) is 0 Å². The third-order valence-corrected chi connectivity index (χ3v) is 6.78. The van der Waals surface area contributed by atoms with Gasteiger partial charge in [-0.05, 0) is 33.1 Å². The van der Waals surface area contributed by atoms with Gasteiger partial charge in [0.1, 0.15) is 0 Å². The summed E-state index contributed by atoms with van der Waals surface area (Å²) in [5.41, 5.74) is -0.0363. The Labute approximate surface area is 215 Å². The van der Waals surface area contributed by atoms with Gasteiger partial charge in [-0.15, -0.1) is 12.4 Å². The summed E-state index contributed by atoms with van der Waals surface area (Å²) >= 11 is 0. The van der Waals surface area contributed by atoms with Crippen LogP contribution in [0.1, 0.15) is 169 Å². The Bertz CT molecular complexity index is 327. The van der Waals surface area contributed by atoms with E-state index >= 15 is 0 Å². The lowest BCUT2D eigenvalue weighted by Crippen LogP contribution is -2.41. The summed E-state index contributed by atoms with van der Waals surface area (Å²) in [5.74, 6) is 0. The fourth-order valence-electron chi connectivity index (χ4n) is 4.74. The van der Waals surface area contributed by atoms with Gasteiger partial charge in [0, 0.05) is 6.54 Å². The molecule has 0 fully saturated rings. The van der Waals surface area contributed by atoms with E-state index in [0.29, 0.717) is 6.61 Å². The van der Waals surface area contributed by atoms with E-state index in [9.17, 15) is 0 Å². The third kappa shape index (κ3) is 21.2. The number of rotatable bonds is 26. The van der Waals surface area contributed by atoms with Crippen molar-refractivity contribution in [1.29, 1.82) is 0 Å². The average Bonchev–Trinajstić information content (AvgIpc) is 2.80. The van der Waals surface area contributed by atoms with Crippen molar-refractivity contribution in [3.05, 3.63) is 0 Å². The van der Waals surface area contributed by atoms with E-state index < -0.39 is 0 Å². The molecule has 0 aromatic heterocycles. The summed E-state index contributed by atoms with van der Waals surface area (Å²) in [4.78, 5) is 12.6. The molecule has 0 radical (unpaired) electrons. The van der Waals surface area contributed by atoms with Crippen LogP contribution < -0.4 is 0 Å². The molecule has 0 aromatic rings. The maximum atomic E-state index is 6.72. The van der Waals surface area contributed by atoms with Crippen LogP contribution >= 0.6 is 12.4 Å². The van der Waals surface area contributed by atoms with Crippen LogP contribution in [0.2, 0.25) is 0 Å². The maximum absolute atomic E-state index is 6.72. The van der Waals surface area contributed by atoms with Crippen LogP contribution in [0.5, 0.6) is 0 Å². The van der Waals surface area contributed by atoms with Crippen LogP contribution in [-0.2, 0) is 9.68 Å². The molecule has 0 N–H and O–H groups in total. The highest BCUT2D eigenvalue weighted by molar-refractivity contribution is 5.85. The van der Waals surface area contributed by atoms with Crippen LogP contribution in [0.4, 0.5) is 0 Å². The number of halogens is 1. The Morgan fingerprint density at radius 2 is 0.818 bits per heavy atom. The molecule has 33 heavy (non-hydrogen) atoms. The van der Waals surface area contributed by atoms with Crippen molar-refractivity contribution in [2.45, 2.75) is 175 Å². The van der Waals surface area contributed by atoms with E-state index in [4.69, 9.17) is 9.68 Å². The summed E-state index contributed by atoms with van der Waals surface area (Å²) in [5, 5.41) is 1.80. The minimum absolute atomic E-state index is 0. The van der Waals surface area contributed by atoms with Gasteiger partial charge in [0.05, 0.1) is 12.2 Å². The molecule has 4 heteroatoms. The molecule has 0 saturated heterocycles. The molecule has 0 aromatic carbocycles. The Hall–Kier alpha value is 0.170. The van der Waals surface area contributed by atoms with Gasteiger partial charge in [0.25, 0.3) is 0 Å². The zero-order chi connectivity index (χ0) is 23.8. The highest BCUT2D eigenvalue weighted by atomic mass is 35.5. The molecule has 0 aliphatic rings. The molecule has 0 atom stereocenters. The van der Waals surface area contributed by atoms with Gasteiger partial charge in [-0.3, -0.25) is 9.68 Å². The second kappa shape index (κ2) is 26.8. The lowest BCUT2D eigenvalue weighted by molar-refractivity contribution is -0.409. The summed E-state index contributed by atoms with van der Waals surface area (Å²) < 4.78 is 0. The molecule has 0 aliphatic heterocycles. The number of hydrogen-bond acceptors (Lipinski definition) is 3. The first-order valence-electron chi connectivity index (χ1n) is 14.8. The van der Waals surface area contributed by atoms with E-state index in [1.54, 1.807) is 5.23 Å². The first-order chi connectivity index (χ1) is 15.7.